The number of amides is 2. The van der Waals surface area contributed by atoms with Gasteiger partial charge < -0.3 is 10.6 Å². The van der Waals surface area contributed by atoms with Gasteiger partial charge in [0.1, 0.15) is 5.69 Å². The van der Waals surface area contributed by atoms with Crippen molar-refractivity contribution in [3.05, 3.63) is 47.8 Å². The third kappa shape index (κ3) is 3.57. The number of benzene rings is 1. The first-order valence-corrected chi connectivity index (χ1v) is 8.88. The molecule has 6 nitrogen and oxygen atoms in total. The van der Waals surface area contributed by atoms with Crippen molar-refractivity contribution in [1.29, 1.82) is 0 Å². The van der Waals surface area contributed by atoms with Gasteiger partial charge in [0, 0.05) is 18.7 Å². The lowest BCUT2D eigenvalue weighted by atomic mass is 9.94. The normalized spacial score (nSPS) is 15.1. The number of hydrogen-bond donors (Lipinski definition) is 1. The molecule has 132 valence electrons. The van der Waals surface area contributed by atoms with Crippen LogP contribution in [-0.4, -0.2) is 39.1 Å². The van der Waals surface area contributed by atoms with E-state index < -0.39 is 5.91 Å². The first-order valence-electron chi connectivity index (χ1n) is 8.88. The standard InChI is InChI=1S/C19H24N4O2/c1-2-22(14-9-5-3-6-10-14)19(25)16-13-17(18(20)24)23(21-16)15-11-7-4-8-12-15/h4,7-8,11-14H,2-3,5-6,9-10H2,1H3,(H2,20,24). The minimum Gasteiger partial charge on any atom is -0.364 e. The topological polar surface area (TPSA) is 81.2 Å². The van der Waals surface area contributed by atoms with Gasteiger partial charge in [0.25, 0.3) is 11.8 Å². The van der Waals surface area contributed by atoms with Gasteiger partial charge in [-0.05, 0) is 31.9 Å². The third-order valence-electron chi connectivity index (χ3n) is 4.80. The Morgan fingerprint density at radius 2 is 1.88 bits per heavy atom. The average molecular weight is 340 g/mol. The summed E-state index contributed by atoms with van der Waals surface area (Å²) in [5.41, 5.74) is 6.68. The molecule has 2 aromatic rings. The van der Waals surface area contributed by atoms with Crippen molar-refractivity contribution in [2.75, 3.05) is 6.54 Å². The fourth-order valence-electron chi connectivity index (χ4n) is 3.53. The summed E-state index contributed by atoms with van der Waals surface area (Å²) < 4.78 is 1.45. The molecule has 1 aliphatic rings. The summed E-state index contributed by atoms with van der Waals surface area (Å²) in [5.74, 6) is -0.734. The second-order valence-electron chi connectivity index (χ2n) is 6.41. The number of para-hydroxylation sites is 1. The molecule has 1 saturated carbocycles. The Morgan fingerprint density at radius 3 is 2.48 bits per heavy atom. The first kappa shape index (κ1) is 17.2. The molecule has 0 spiro atoms. The van der Waals surface area contributed by atoms with E-state index in [9.17, 15) is 9.59 Å². The van der Waals surface area contributed by atoms with Crippen LogP contribution >= 0.6 is 0 Å². The SMILES string of the molecule is CCN(C(=O)c1cc(C(N)=O)n(-c2ccccc2)n1)C1CCCCC1. The molecule has 0 radical (unpaired) electrons. The minimum absolute atomic E-state index is 0.133. The number of primary amides is 1. The van der Waals surface area contributed by atoms with E-state index in [0.717, 1.165) is 25.7 Å². The maximum atomic E-state index is 13.0. The molecular formula is C19H24N4O2. The first-order chi connectivity index (χ1) is 12.1. The average Bonchev–Trinajstić information content (AvgIpc) is 3.10. The maximum Gasteiger partial charge on any atom is 0.274 e. The van der Waals surface area contributed by atoms with Gasteiger partial charge in [-0.1, -0.05) is 37.5 Å². The lowest BCUT2D eigenvalue weighted by Crippen LogP contribution is -2.41. The van der Waals surface area contributed by atoms with E-state index in [4.69, 9.17) is 5.73 Å². The molecule has 0 unspecified atom stereocenters. The third-order valence-corrected chi connectivity index (χ3v) is 4.80. The lowest BCUT2D eigenvalue weighted by Gasteiger charge is -2.33. The van der Waals surface area contributed by atoms with Crippen LogP contribution in [0, 0.1) is 0 Å². The Kier molecular flexibility index (Phi) is 5.16. The molecule has 2 amide bonds. The fourth-order valence-corrected chi connectivity index (χ4v) is 3.53. The Balaban J connectivity index is 1.93. The van der Waals surface area contributed by atoms with E-state index in [2.05, 4.69) is 5.10 Å². The Bertz CT molecular complexity index is 748. The van der Waals surface area contributed by atoms with Gasteiger partial charge in [0.15, 0.2) is 5.69 Å². The smallest absolute Gasteiger partial charge is 0.274 e. The van der Waals surface area contributed by atoms with Crippen molar-refractivity contribution in [3.8, 4) is 5.69 Å². The van der Waals surface area contributed by atoms with Crippen LogP contribution in [0.5, 0.6) is 0 Å². The molecule has 25 heavy (non-hydrogen) atoms. The number of carbonyl (C=O) groups excluding carboxylic acids is 2. The van der Waals surface area contributed by atoms with Crippen molar-refractivity contribution in [1.82, 2.24) is 14.7 Å². The molecule has 2 N–H and O–H groups in total. The monoisotopic (exact) mass is 340 g/mol. The zero-order valence-corrected chi connectivity index (χ0v) is 14.5. The quantitative estimate of drug-likeness (QED) is 0.908. The predicted octanol–water partition coefficient (Wildman–Crippen LogP) is 2.77. The Hall–Kier alpha value is -2.63. The number of nitrogens with zero attached hydrogens (tertiary/aromatic N) is 3. The van der Waals surface area contributed by atoms with E-state index in [0.29, 0.717) is 12.2 Å². The molecule has 1 aromatic heterocycles. The van der Waals surface area contributed by atoms with Crippen molar-refractivity contribution in [2.45, 2.75) is 45.1 Å². The van der Waals surface area contributed by atoms with E-state index >= 15 is 0 Å². The van der Waals surface area contributed by atoms with E-state index in [1.54, 1.807) is 0 Å². The van der Waals surface area contributed by atoms with Crippen LogP contribution in [0.4, 0.5) is 0 Å². The summed E-state index contributed by atoms with van der Waals surface area (Å²) >= 11 is 0. The number of hydrogen-bond acceptors (Lipinski definition) is 3. The van der Waals surface area contributed by atoms with Crippen LogP contribution in [0.2, 0.25) is 0 Å². The predicted molar refractivity (Wildman–Crippen MR) is 95.7 cm³/mol. The van der Waals surface area contributed by atoms with Crippen LogP contribution in [0.25, 0.3) is 5.69 Å². The molecule has 1 heterocycles. The minimum atomic E-state index is -0.601. The summed E-state index contributed by atoms with van der Waals surface area (Å²) in [6.07, 6.45) is 5.60. The highest BCUT2D eigenvalue weighted by Gasteiger charge is 2.28. The van der Waals surface area contributed by atoms with Crippen LogP contribution in [0.15, 0.2) is 36.4 Å². The molecule has 1 aliphatic carbocycles. The van der Waals surface area contributed by atoms with Crippen LogP contribution in [0.3, 0.4) is 0 Å². The zero-order chi connectivity index (χ0) is 17.8. The second kappa shape index (κ2) is 7.51. The van der Waals surface area contributed by atoms with Gasteiger partial charge in [0.2, 0.25) is 0 Å². The molecule has 6 heteroatoms. The Morgan fingerprint density at radius 1 is 1.20 bits per heavy atom. The van der Waals surface area contributed by atoms with Gasteiger partial charge in [-0.2, -0.15) is 5.10 Å². The van der Waals surface area contributed by atoms with Gasteiger partial charge in [0.05, 0.1) is 5.69 Å². The second-order valence-corrected chi connectivity index (χ2v) is 6.41. The molecule has 0 aliphatic heterocycles. The molecule has 1 aromatic carbocycles. The molecule has 0 bridgehead atoms. The summed E-state index contributed by atoms with van der Waals surface area (Å²) in [6, 6.07) is 11.0. The van der Waals surface area contributed by atoms with Crippen LogP contribution < -0.4 is 5.73 Å². The highest BCUT2D eigenvalue weighted by atomic mass is 16.2. The largest absolute Gasteiger partial charge is 0.364 e. The number of aromatic nitrogens is 2. The summed E-state index contributed by atoms with van der Waals surface area (Å²) in [7, 11) is 0. The Labute approximate surface area is 147 Å². The zero-order valence-electron chi connectivity index (χ0n) is 14.5. The number of nitrogens with two attached hydrogens (primary N) is 1. The summed E-state index contributed by atoms with van der Waals surface area (Å²) in [6.45, 7) is 2.61. The van der Waals surface area contributed by atoms with E-state index in [-0.39, 0.29) is 23.3 Å². The molecule has 1 fully saturated rings. The van der Waals surface area contributed by atoms with Crippen molar-refractivity contribution >= 4 is 11.8 Å². The van der Waals surface area contributed by atoms with Gasteiger partial charge in [-0.15, -0.1) is 0 Å². The molecule has 0 saturated heterocycles. The number of rotatable bonds is 5. The molecule has 3 rings (SSSR count). The lowest BCUT2D eigenvalue weighted by molar-refractivity contribution is 0.0641. The van der Waals surface area contributed by atoms with Crippen molar-refractivity contribution in [2.24, 2.45) is 5.73 Å². The van der Waals surface area contributed by atoms with Gasteiger partial charge >= 0.3 is 0 Å². The molecular weight excluding hydrogens is 316 g/mol. The molecule has 0 atom stereocenters. The van der Waals surface area contributed by atoms with Crippen LogP contribution in [-0.2, 0) is 0 Å². The summed E-state index contributed by atoms with van der Waals surface area (Å²) in [4.78, 5) is 26.7. The van der Waals surface area contributed by atoms with Gasteiger partial charge in [-0.25, -0.2) is 4.68 Å². The highest BCUT2D eigenvalue weighted by molar-refractivity contribution is 5.97. The van der Waals surface area contributed by atoms with Crippen molar-refractivity contribution in [3.63, 3.8) is 0 Å². The van der Waals surface area contributed by atoms with E-state index in [1.807, 2.05) is 42.2 Å². The highest BCUT2D eigenvalue weighted by Crippen LogP contribution is 2.24. The van der Waals surface area contributed by atoms with Gasteiger partial charge in [-0.3, -0.25) is 9.59 Å². The van der Waals surface area contributed by atoms with Crippen molar-refractivity contribution < 1.29 is 9.59 Å². The number of carbonyl (C=O) groups is 2. The van der Waals surface area contributed by atoms with Crippen LogP contribution in [0.1, 0.15) is 60.0 Å². The van der Waals surface area contributed by atoms with E-state index in [1.165, 1.54) is 17.2 Å². The summed E-state index contributed by atoms with van der Waals surface area (Å²) in [5, 5.41) is 4.39. The maximum absolute atomic E-state index is 13.0. The fraction of sp³-hybridized carbons (Fsp3) is 0.421.